The van der Waals surface area contributed by atoms with Crippen molar-refractivity contribution >= 4 is 17.8 Å². The summed E-state index contributed by atoms with van der Waals surface area (Å²) in [5, 5.41) is 6.85. The number of amides is 4. The first-order valence-corrected chi connectivity index (χ1v) is 9.53. The Morgan fingerprint density at radius 2 is 1.80 bits per heavy atom. The van der Waals surface area contributed by atoms with Crippen molar-refractivity contribution in [2.45, 2.75) is 13.1 Å². The molecule has 1 aliphatic rings. The van der Waals surface area contributed by atoms with E-state index in [1.807, 2.05) is 36.5 Å². The lowest BCUT2D eigenvalue weighted by molar-refractivity contribution is -0.125. The van der Waals surface area contributed by atoms with Crippen LogP contribution >= 0.6 is 0 Å². The summed E-state index contributed by atoms with van der Waals surface area (Å²) in [6.45, 7) is 0.643. The molecular weight excluding hydrogens is 382 g/mol. The summed E-state index contributed by atoms with van der Waals surface area (Å²) in [6, 6.07) is 16.3. The molecule has 4 amide bonds. The molecular formula is C22H21N5O3. The second kappa shape index (κ2) is 8.20. The van der Waals surface area contributed by atoms with Crippen LogP contribution in [-0.4, -0.2) is 51.0 Å². The average Bonchev–Trinajstić information content (AvgIpc) is 3.36. The molecule has 3 aromatic rings. The van der Waals surface area contributed by atoms with Gasteiger partial charge in [0.25, 0.3) is 5.91 Å². The summed E-state index contributed by atoms with van der Waals surface area (Å²) in [5.41, 5.74) is 3.20. The van der Waals surface area contributed by atoms with E-state index in [4.69, 9.17) is 0 Å². The van der Waals surface area contributed by atoms with Crippen LogP contribution in [-0.2, 0) is 17.9 Å². The van der Waals surface area contributed by atoms with Crippen molar-refractivity contribution in [1.82, 2.24) is 24.9 Å². The van der Waals surface area contributed by atoms with Gasteiger partial charge in [-0.2, -0.15) is 5.10 Å². The van der Waals surface area contributed by atoms with E-state index in [1.54, 1.807) is 47.1 Å². The van der Waals surface area contributed by atoms with Crippen LogP contribution in [0, 0.1) is 0 Å². The van der Waals surface area contributed by atoms with E-state index >= 15 is 0 Å². The summed E-state index contributed by atoms with van der Waals surface area (Å²) >= 11 is 0. The Hall–Kier alpha value is -3.94. The van der Waals surface area contributed by atoms with Gasteiger partial charge in [-0.25, -0.2) is 9.48 Å². The zero-order valence-electron chi connectivity index (χ0n) is 16.5. The third-order valence-electron chi connectivity index (χ3n) is 4.90. The van der Waals surface area contributed by atoms with Crippen LogP contribution in [0.2, 0.25) is 0 Å². The van der Waals surface area contributed by atoms with E-state index in [0.29, 0.717) is 12.1 Å². The number of hydrogen-bond donors (Lipinski definition) is 1. The summed E-state index contributed by atoms with van der Waals surface area (Å²) in [5.74, 6) is -0.375. The molecule has 1 N–H and O–H groups in total. The van der Waals surface area contributed by atoms with E-state index in [0.717, 1.165) is 21.7 Å². The van der Waals surface area contributed by atoms with E-state index in [2.05, 4.69) is 10.4 Å². The smallest absolute Gasteiger partial charge is 0.324 e. The topological polar surface area (TPSA) is 87.5 Å². The Kier molecular flexibility index (Phi) is 5.30. The fourth-order valence-electron chi connectivity index (χ4n) is 3.28. The minimum atomic E-state index is -0.393. The zero-order valence-corrected chi connectivity index (χ0v) is 16.5. The number of nitrogens with one attached hydrogen (secondary N) is 1. The lowest BCUT2D eigenvalue weighted by atomic mass is 10.1. The maximum atomic E-state index is 12.8. The van der Waals surface area contributed by atoms with Crippen LogP contribution in [0.5, 0.6) is 0 Å². The molecule has 0 aliphatic carbocycles. The maximum absolute atomic E-state index is 12.8. The van der Waals surface area contributed by atoms with E-state index in [-0.39, 0.29) is 24.9 Å². The minimum absolute atomic E-state index is 0.0288. The first-order chi connectivity index (χ1) is 14.5. The monoisotopic (exact) mass is 403 g/mol. The molecule has 2 aromatic carbocycles. The van der Waals surface area contributed by atoms with Crippen LogP contribution in [0.4, 0.5) is 4.79 Å². The number of imide groups is 1. The van der Waals surface area contributed by atoms with Crippen molar-refractivity contribution in [1.29, 1.82) is 0 Å². The third kappa shape index (κ3) is 4.07. The maximum Gasteiger partial charge on any atom is 0.324 e. The molecule has 4 rings (SSSR count). The molecule has 1 aliphatic heterocycles. The van der Waals surface area contributed by atoms with Gasteiger partial charge in [0, 0.05) is 30.9 Å². The highest BCUT2D eigenvalue weighted by Crippen LogP contribution is 2.14. The number of urea groups is 1. The minimum Gasteiger partial charge on any atom is -0.337 e. The predicted molar refractivity (Wildman–Crippen MR) is 110 cm³/mol. The van der Waals surface area contributed by atoms with Crippen LogP contribution in [0.25, 0.3) is 5.69 Å². The van der Waals surface area contributed by atoms with Gasteiger partial charge in [-0.05, 0) is 29.8 Å². The second-order valence-corrected chi connectivity index (χ2v) is 7.13. The molecule has 1 saturated heterocycles. The molecule has 1 aromatic heterocycles. The number of carbonyl (C=O) groups excluding carboxylic acids is 3. The quantitative estimate of drug-likeness (QED) is 0.639. The first-order valence-electron chi connectivity index (χ1n) is 9.53. The predicted octanol–water partition coefficient (Wildman–Crippen LogP) is 2.20. The fraction of sp³-hybridized carbons (Fsp3) is 0.182. The molecule has 0 saturated carbocycles. The molecule has 152 valence electrons. The molecule has 0 unspecified atom stereocenters. The number of rotatable bonds is 6. The Bertz CT molecular complexity index is 1060. The van der Waals surface area contributed by atoms with Gasteiger partial charge in [0.2, 0.25) is 5.91 Å². The summed E-state index contributed by atoms with van der Waals surface area (Å²) < 4.78 is 1.78. The van der Waals surface area contributed by atoms with Gasteiger partial charge in [0.1, 0.15) is 0 Å². The van der Waals surface area contributed by atoms with Crippen LogP contribution in [0.15, 0.2) is 67.0 Å². The Morgan fingerprint density at radius 1 is 1.07 bits per heavy atom. The highest BCUT2D eigenvalue weighted by Gasteiger charge is 2.28. The van der Waals surface area contributed by atoms with E-state index < -0.39 is 6.03 Å². The van der Waals surface area contributed by atoms with E-state index in [1.165, 1.54) is 0 Å². The lowest BCUT2D eigenvalue weighted by Crippen LogP contribution is -2.30. The molecule has 0 bridgehead atoms. The molecule has 0 radical (unpaired) electrons. The summed E-state index contributed by atoms with van der Waals surface area (Å²) in [7, 11) is 1.74. The van der Waals surface area contributed by atoms with Crippen molar-refractivity contribution in [2.24, 2.45) is 0 Å². The average molecular weight is 403 g/mol. The van der Waals surface area contributed by atoms with Gasteiger partial charge < -0.3 is 10.2 Å². The van der Waals surface area contributed by atoms with Gasteiger partial charge in [-0.15, -0.1) is 0 Å². The van der Waals surface area contributed by atoms with Gasteiger partial charge in [-0.1, -0.05) is 30.3 Å². The molecule has 8 nitrogen and oxygen atoms in total. The van der Waals surface area contributed by atoms with Crippen molar-refractivity contribution in [3.63, 3.8) is 0 Å². The first kappa shape index (κ1) is 19.4. The number of nitrogens with zero attached hydrogens (tertiary/aromatic N) is 4. The number of benzene rings is 2. The van der Waals surface area contributed by atoms with Crippen LogP contribution in [0.1, 0.15) is 21.5 Å². The van der Waals surface area contributed by atoms with Crippen molar-refractivity contribution < 1.29 is 14.4 Å². The normalized spacial score (nSPS) is 13.4. The van der Waals surface area contributed by atoms with Crippen molar-refractivity contribution in [2.75, 3.05) is 13.6 Å². The summed E-state index contributed by atoms with van der Waals surface area (Å²) in [6.07, 6.45) is 3.65. The zero-order chi connectivity index (χ0) is 21.1. The van der Waals surface area contributed by atoms with E-state index in [9.17, 15) is 14.4 Å². The Balaban J connectivity index is 1.39. The van der Waals surface area contributed by atoms with Gasteiger partial charge in [-0.3, -0.25) is 14.5 Å². The lowest BCUT2D eigenvalue weighted by Gasteiger charge is -2.17. The van der Waals surface area contributed by atoms with Crippen molar-refractivity contribution in [3.05, 3.63) is 83.7 Å². The highest BCUT2D eigenvalue weighted by atomic mass is 16.2. The molecule has 1 fully saturated rings. The number of carbonyl (C=O) groups is 3. The second-order valence-electron chi connectivity index (χ2n) is 7.13. The summed E-state index contributed by atoms with van der Waals surface area (Å²) in [4.78, 5) is 38.9. The number of aromatic nitrogens is 2. The highest BCUT2D eigenvalue weighted by molar-refractivity contribution is 6.01. The van der Waals surface area contributed by atoms with Crippen LogP contribution in [0.3, 0.4) is 0 Å². The van der Waals surface area contributed by atoms with Crippen LogP contribution < -0.4 is 5.32 Å². The molecule has 30 heavy (non-hydrogen) atoms. The van der Waals surface area contributed by atoms with Gasteiger partial charge in [0.05, 0.1) is 25.0 Å². The standard InChI is InChI=1S/C22H21N5O3/c1-25(13-17-11-24-27(15-17)19-5-3-2-4-6-19)21(29)18-9-7-16(8-10-18)14-26-20(28)12-23-22(26)30/h2-11,15H,12-14H2,1H3,(H,23,30). The molecule has 0 atom stereocenters. The SMILES string of the molecule is CN(Cc1cnn(-c2ccccc2)c1)C(=O)c1ccc(CN2C(=O)CNC2=O)cc1. The third-order valence-corrected chi connectivity index (χ3v) is 4.90. The number of para-hydroxylation sites is 1. The number of hydrogen-bond acceptors (Lipinski definition) is 4. The van der Waals surface area contributed by atoms with Crippen molar-refractivity contribution in [3.8, 4) is 5.69 Å². The Labute approximate surface area is 173 Å². The molecule has 0 spiro atoms. The van der Waals surface area contributed by atoms with Gasteiger partial charge in [0.15, 0.2) is 0 Å². The fourth-order valence-corrected chi connectivity index (χ4v) is 3.28. The molecule has 2 heterocycles. The van der Waals surface area contributed by atoms with Gasteiger partial charge >= 0.3 is 6.03 Å². The largest absolute Gasteiger partial charge is 0.337 e. The Morgan fingerprint density at radius 3 is 2.47 bits per heavy atom. The molecule has 8 heteroatoms.